The summed E-state index contributed by atoms with van der Waals surface area (Å²) < 4.78 is 0. The van der Waals surface area contributed by atoms with Gasteiger partial charge in [0.2, 0.25) is 0 Å². The fraction of sp³-hybridized carbons (Fsp3) is 0.556. The van der Waals surface area contributed by atoms with E-state index in [2.05, 4.69) is 0 Å². The summed E-state index contributed by atoms with van der Waals surface area (Å²) >= 11 is 1.64. The van der Waals surface area contributed by atoms with Crippen molar-refractivity contribution in [1.82, 2.24) is 0 Å². The molecule has 0 bridgehead atoms. The monoisotopic (exact) mass is 185 g/mol. The Hall–Kier alpha value is -0.380. The smallest absolute Gasteiger partial charge is 0.0500 e. The van der Waals surface area contributed by atoms with E-state index in [1.54, 1.807) is 11.3 Å². The fourth-order valence-corrected chi connectivity index (χ4v) is 1.89. The predicted octanol–water partition coefficient (Wildman–Crippen LogP) is 1.77. The van der Waals surface area contributed by atoms with Crippen molar-refractivity contribution in [3.63, 3.8) is 0 Å². The second-order valence-electron chi connectivity index (χ2n) is 3.64. The van der Waals surface area contributed by atoms with Crippen LogP contribution >= 0.6 is 11.3 Å². The van der Waals surface area contributed by atoms with Crippen LogP contribution in [0.4, 0.5) is 0 Å². The van der Waals surface area contributed by atoms with Gasteiger partial charge in [-0.05, 0) is 11.4 Å². The molecule has 0 aromatic carbocycles. The zero-order valence-electron chi connectivity index (χ0n) is 7.45. The van der Waals surface area contributed by atoms with Crippen LogP contribution in [0.25, 0.3) is 0 Å². The third-order valence-electron chi connectivity index (χ3n) is 2.10. The maximum atomic E-state index is 9.09. The highest BCUT2D eigenvalue weighted by atomic mass is 32.1. The summed E-state index contributed by atoms with van der Waals surface area (Å²) in [6.07, 6.45) is 0. The van der Waals surface area contributed by atoms with E-state index in [1.165, 1.54) is 0 Å². The Labute approximate surface area is 77.0 Å². The number of aliphatic hydroxyl groups is 1. The summed E-state index contributed by atoms with van der Waals surface area (Å²) in [4.78, 5) is 1.13. The number of hydrogen-bond donors (Lipinski definition) is 2. The van der Waals surface area contributed by atoms with Gasteiger partial charge in [0.25, 0.3) is 0 Å². The molecule has 0 saturated carbocycles. The Morgan fingerprint density at radius 3 is 2.75 bits per heavy atom. The minimum absolute atomic E-state index is 0.0671. The van der Waals surface area contributed by atoms with Gasteiger partial charge in [0.15, 0.2) is 0 Å². The molecule has 0 fully saturated rings. The SMILES string of the molecule is CC(C)(CO)C(N)c1cccs1. The van der Waals surface area contributed by atoms with Gasteiger partial charge in [-0.3, -0.25) is 0 Å². The molecular formula is C9H15NOS. The number of rotatable bonds is 3. The van der Waals surface area contributed by atoms with E-state index < -0.39 is 0 Å². The van der Waals surface area contributed by atoms with Crippen molar-refractivity contribution in [2.45, 2.75) is 19.9 Å². The van der Waals surface area contributed by atoms with Gasteiger partial charge in [0, 0.05) is 16.3 Å². The molecule has 0 radical (unpaired) electrons. The molecule has 0 saturated heterocycles. The third-order valence-corrected chi connectivity index (χ3v) is 3.05. The summed E-state index contributed by atoms with van der Waals surface area (Å²) in [7, 11) is 0. The first-order chi connectivity index (χ1) is 5.58. The Balaban J connectivity index is 2.78. The van der Waals surface area contributed by atoms with E-state index in [-0.39, 0.29) is 18.1 Å². The van der Waals surface area contributed by atoms with Crippen LogP contribution in [0.15, 0.2) is 17.5 Å². The summed E-state index contributed by atoms with van der Waals surface area (Å²) in [5, 5.41) is 11.1. The molecule has 2 nitrogen and oxygen atoms in total. The zero-order valence-corrected chi connectivity index (χ0v) is 8.27. The van der Waals surface area contributed by atoms with E-state index in [1.807, 2.05) is 31.4 Å². The molecule has 3 N–H and O–H groups in total. The predicted molar refractivity (Wildman–Crippen MR) is 52.1 cm³/mol. The second kappa shape index (κ2) is 3.56. The van der Waals surface area contributed by atoms with Crippen LogP contribution in [0.5, 0.6) is 0 Å². The van der Waals surface area contributed by atoms with Gasteiger partial charge in [-0.25, -0.2) is 0 Å². The molecule has 0 amide bonds. The van der Waals surface area contributed by atoms with Crippen molar-refractivity contribution in [2.24, 2.45) is 11.1 Å². The van der Waals surface area contributed by atoms with E-state index in [0.717, 1.165) is 4.88 Å². The van der Waals surface area contributed by atoms with Gasteiger partial charge in [0.05, 0.1) is 6.61 Å². The van der Waals surface area contributed by atoms with Gasteiger partial charge in [0.1, 0.15) is 0 Å². The van der Waals surface area contributed by atoms with Crippen LogP contribution in [-0.2, 0) is 0 Å². The van der Waals surface area contributed by atoms with Crippen molar-refractivity contribution in [2.75, 3.05) is 6.61 Å². The standard InChI is InChI=1S/C9H15NOS/c1-9(2,6-11)8(10)7-4-3-5-12-7/h3-5,8,11H,6,10H2,1-2H3. The second-order valence-corrected chi connectivity index (χ2v) is 4.62. The quantitative estimate of drug-likeness (QED) is 0.754. The van der Waals surface area contributed by atoms with Crippen LogP contribution in [-0.4, -0.2) is 11.7 Å². The van der Waals surface area contributed by atoms with E-state index in [4.69, 9.17) is 10.8 Å². The average molecular weight is 185 g/mol. The molecule has 1 heterocycles. The highest BCUT2D eigenvalue weighted by Gasteiger charge is 2.27. The highest BCUT2D eigenvalue weighted by molar-refractivity contribution is 7.10. The summed E-state index contributed by atoms with van der Waals surface area (Å²) in [5.41, 5.74) is 5.75. The van der Waals surface area contributed by atoms with Crippen LogP contribution in [0.1, 0.15) is 24.8 Å². The van der Waals surface area contributed by atoms with Crippen LogP contribution in [0.2, 0.25) is 0 Å². The molecule has 1 aromatic rings. The third kappa shape index (κ3) is 1.86. The van der Waals surface area contributed by atoms with E-state index in [0.29, 0.717) is 0 Å². The molecule has 1 rings (SSSR count). The summed E-state index contributed by atoms with van der Waals surface area (Å²) in [6.45, 7) is 4.06. The van der Waals surface area contributed by atoms with Gasteiger partial charge in [-0.15, -0.1) is 11.3 Å². The molecule has 1 aromatic heterocycles. The number of thiophene rings is 1. The lowest BCUT2D eigenvalue weighted by atomic mass is 9.85. The summed E-state index contributed by atoms with van der Waals surface area (Å²) in [5.74, 6) is 0. The Kier molecular flexibility index (Phi) is 2.88. The first kappa shape index (κ1) is 9.71. The number of aliphatic hydroxyl groups excluding tert-OH is 1. The van der Waals surface area contributed by atoms with Crippen molar-refractivity contribution in [3.05, 3.63) is 22.4 Å². The molecule has 68 valence electrons. The van der Waals surface area contributed by atoms with E-state index >= 15 is 0 Å². The maximum absolute atomic E-state index is 9.09. The molecular weight excluding hydrogens is 170 g/mol. The van der Waals surface area contributed by atoms with Crippen LogP contribution in [0, 0.1) is 5.41 Å². The topological polar surface area (TPSA) is 46.2 Å². The first-order valence-corrected chi connectivity index (χ1v) is 4.86. The lowest BCUT2D eigenvalue weighted by molar-refractivity contribution is 0.133. The van der Waals surface area contributed by atoms with Crippen molar-refractivity contribution < 1.29 is 5.11 Å². The van der Waals surface area contributed by atoms with Gasteiger partial charge < -0.3 is 10.8 Å². The van der Waals surface area contributed by atoms with Gasteiger partial charge in [-0.2, -0.15) is 0 Å². The molecule has 3 heteroatoms. The van der Waals surface area contributed by atoms with Gasteiger partial charge in [-0.1, -0.05) is 19.9 Å². The molecule has 1 unspecified atom stereocenters. The Bertz CT molecular complexity index is 231. The normalized spacial score (nSPS) is 14.7. The number of hydrogen-bond acceptors (Lipinski definition) is 3. The largest absolute Gasteiger partial charge is 0.396 e. The molecule has 1 atom stereocenters. The minimum Gasteiger partial charge on any atom is -0.396 e. The van der Waals surface area contributed by atoms with Crippen molar-refractivity contribution >= 4 is 11.3 Å². The highest BCUT2D eigenvalue weighted by Crippen LogP contribution is 2.32. The van der Waals surface area contributed by atoms with Crippen molar-refractivity contribution in [1.29, 1.82) is 0 Å². The van der Waals surface area contributed by atoms with Crippen molar-refractivity contribution in [3.8, 4) is 0 Å². The minimum atomic E-state index is -0.231. The fourth-order valence-electron chi connectivity index (χ4n) is 0.952. The number of nitrogens with two attached hydrogens (primary N) is 1. The average Bonchev–Trinajstić information content (AvgIpc) is 2.55. The maximum Gasteiger partial charge on any atom is 0.0500 e. The lowest BCUT2D eigenvalue weighted by Crippen LogP contribution is -2.31. The molecule has 12 heavy (non-hydrogen) atoms. The first-order valence-electron chi connectivity index (χ1n) is 3.98. The Morgan fingerprint density at radius 2 is 2.33 bits per heavy atom. The Morgan fingerprint density at radius 1 is 1.67 bits per heavy atom. The molecule has 0 aliphatic heterocycles. The lowest BCUT2D eigenvalue weighted by Gasteiger charge is -2.28. The summed E-state index contributed by atoms with van der Waals surface area (Å²) in [6, 6.07) is 3.92. The van der Waals surface area contributed by atoms with Crippen LogP contribution in [0.3, 0.4) is 0 Å². The molecule has 0 aliphatic carbocycles. The van der Waals surface area contributed by atoms with Crippen LogP contribution < -0.4 is 5.73 Å². The molecule has 0 spiro atoms. The van der Waals surface area contributed by atoms with E-state index in [9.17, 15) is 0 Å². The zero-order chi connectivity index (χ0) is 9.19. The van der Waals surface area contributed by atoms with Gasteiger partial charge >= 0.3 is 0 Å². The molecule has 0 aliphatic rings.